The minimum atomic E-state index is -0.128. The molecule has 0 amide bonds. The molecule has 2 heteroatoms. The number of rotatable bonds is 4. The Morgan fingerprint density at radius 3 is 2.26 bits per heavy atom. The van der Waals surface area contributed by atoms with Crippen molar-refractivity contribution >= 4 is 23.5 Å². The molecule has 2 nitrogen and oxygen atoms in total. The summed E-state index contributed by atoms with van der Waals surface area (Å²) in [5.74, 6) is 0.0367. The van der Waals surface area contributed by atoms with Gasteiger partial charge in [0.05, 0.1) is 0 Å². The van der Waals surface area contributed by atoms with Crippen LogP contribution < -0.4 is 10.4 Å². The summed E-state index contributed by atoms with van der Waals surface area (Å²) in [4.78, 5) is 13.1. The predicted molar refractivity (Wildman–Crippen MR) is 172 cm³/mol. The molecule has 4 aromatic rings. The molecule has 0 saturated carbocycles. The summed E-state index contributed by atoms with van der Waals surface area (Å²) < 4.78 is 2.22. The van der Waals surface area contributed by atoms with E-state index in [1.54, 1.807) is 0 Å². The van der Waals surface area contributed by atoms with Gasteiger partial charge in [-0.15, -0.1) is 0 Å². The highest BCUT2D eigenvalue weighted by Gasteiger charge is 2.38. The maximum absolute atomic E-state index is 13.1. The highest BCUT2D eigenvalue weighted by Crippen LogP contribution is 2.50. The zero-order valence-corrected chi connectivity index (χ0v) is 23.6. The molecular weight excluding hydrogens is 510 g/mol. The minimum Gasteiger partial charge on any atom is -0.323 e. The summed E-state index contributed by atoms with van der Waals surface area (Å²) in [6, 6.07) is 39.2. The number of benzene rings is 4. The van der Waals surface area contributed by atoms with Gasteiger partial charge in [0.25, 0.3) is 0 Å². The molecule has 0 atom stereocenters. The lowest BCUT2D eigenvalue weighted by atomic mass is 9.70. The van der Waals surface area contributed by atoms with E-state index < -0.39 is 0 Å². The van der Waals surface area contributed by atoms with Crippen LogP contribution in [0.15, 0.2) is 133 Å². The molecule has 4 aliphatic rings. The number of aromatic nitrogens is 1. The van der Waals surface area contributed by atoms with Gasteiger partial charge in [-0.3, -0.25) is 4.79 Å². The van der Waals surface area contributed by atoms with Crippen molar-refractivity contribution in [2.75, 3.05) is 0 Å². The molecule has 0 unspecified atom stereocenters. The van der Waals surface area contributed by atoms with Gasteiger partial charge in [0.15, 0.2) is 5.78 Å². The summed E-state index contributed by atoms with van der Waals surface area (Å²) in [7, 11) is 0. The number of allylic oxidation sites excluding steroid dienone is 1. The van der Waals surface area contributed by atoms with E-state index in [0.29, 0.717) is 11.1 Å². The highest BCUT2D eigenvalue weighted by atomic mass is 16.1. The van der Waals surface area contributed by atoms with Crippen LogP contribution in [-0.2, 0) is 5.41 Å². The number of hydrogen-bond donors (Lipinski definition) is 0. The van der Waals surface area contributed by atoms with Crippen LogP contribution in [0, 0.1) is 0 Å². The second kappa shape index (κ2) is 9.15. The van der Waals surface area contributed by atoms with Crippen molar-refractivity contribution in [2.24, 2.45) is 0 Å². The predicted octanol–water partition coefficient (Wildman–Crippen LogP) is 7.80. The van der Waals surface area contributed by atoms with Crippen LogP contribution in [0.4, 0.5) is 0 Å². The highest BCUT2D eigenvalue weighted by molar-refractivity contribution is 6.09. The smallest absolute Gasteiger partial charge is 0.193 e. The number of fused-ring (bicyclic) bond motifs is 5. The van der Waals surface area contributed by atoms with Gasteiger partial charge in [-0.1, -0.05) is 98.8 Å². The molecule has 0 saturated heterocycles. The Bertz CT molecular complexity index is 2170. The van der Waals surface area contributed by atoms with Crippen LogP contribution >= 0.6 is 0 Å². The van der Waals surface area contributed by atoms with E-state index in [4.69, 9.17) is 0 Å². The van der Waals surface area contributed by atoms with Gasteiger partial charge < -0.3 is 4.57 Å². The summed E-state index contributed by atoms with van der Waals surface area (Å²) in [5, 5.41) is 2.65. The standard InChI is InChI=1S/C40H29NO/c1-40(2)37-32(21-29-12-6-7-17-35(29)37)23-33-22-30-18-19-41(25-36(30)38(33)40)34-16-9-14-28(24-34)27-13-8-15-31(20-27)39(42)26-10-4-3-5-11-26/h3-25H,1-2H3. The van der Waals surface area contributed by atoms with Gasteiger partial charge >= 0.3 is 0 Å². The molecule has 4 aromatic carbocycles. The third-order valence-corrected chi connectivity index (χ3v) is 8.89. The van der Waals surface area contributed by atoms with Crippen molar-refractivity contribution in [1.82, 2.24) is 4.57 Å². The number of nitrogens with zero attached hydrogens (tertiary/aromatic N) is 1. The zero-order valence-electron chi connectivity index (χ0n) is 23.6. The van der Waals surface area contributed by atoms with Crippen LogP contribution in [0.25, 0.3) is 45.7 Å². The third-order valence-electron chi connectivity index (χ3n) is 8.89. The second-order valence-electron chi connectivity index (χ2n) is 11.9. The normalized spacial score (nSPS) is 14.5. The molecule has 8 rings (SSSR count). The van der Waals surface area contributed by atoms with E-state index in [1.165, 1.54) is 43.8 Å². The van der Waals surface area contributed by atoms with Crippen molar-refractivity contribution in [3.8, 4) is 27.9 Å². The largest absolute Gasteiger partial charge is 0.323 e. The van der Waals surface area contributed by atoms with Gasteiger partial charge in [0.2, 0.25) is 0 Å². The van der Waals surface area contributed by atoms with E-state index in [0.717, 1.165) is 16.8 Å². The molecule has 0 bridgehead atoms. The molecule has 42 heavy (non-hydrogen) atoms. The summed E-state index contributed by atoms with van der Waals surface area (Å²) in [6.45, 7) is 4.73. The van der Waals surface area contributed by atoms with Gasteiger partial charge in [0.1, 0.15) is 0 Å². The van der Waals surface area contributed by atoms with Gasteiger partial charge in [-0.25, -0.2) is 0 Å². The lowest BCUT2D eigenvalue weighted by molar-refractivity contribution is 0.103. The van der Waals surface area contributed by atoms with E-state index in [1.807, 2.05) is 48.5 Å². The van der Waals surface area contributed by atoms with Crippen LogP contribution in [0.2, 0.25) is 0 Å². The zero-order chi connectivity index (χ0) is 28.4. The Morgan fingerprint density at radius 1 is 0.667 bits per heavy atom. The topological polar surface area (TPSA) is 22.0 Å². The van der Waals surface area contributed by atoms with Crippen LogP contribution in [0.5, 0.6) is 0 Å². The Labute approximate surface area is 245 Å². The summed E-state index contributed by atoms with van der Waals surface area (Å²) in [5.41, 5.74) is 12.4. The third kappa shape index (κ3) is 3.76. The van der Waals surface area contributed by atoms with Gasteiger partial charge in [-0.2, -0.15) is 0 Å². The van der Waals surface area contributed by atoms with Crippen LogP contribution in [-0.4, -0.2) is 10.4 Å². The van der Waals surface area contributed by atoms with Crippen LogP contribution in [0.1, 0.15) is 40.9 Å². The van der Waals surface area contributed by atoms with Crippen molar-refractivity contribution in [2.45, 2.75) is 19.3 Å². The van der Waals surface area contributed by atoms with Crippen molar-refractivity contribution < 1.29 is 4.79 Å². The van der Waals surface area contributed by atoms with E-state index >= 15 is 0 Å². The Morgan fingerprint density at radius 2 is 1.40 bits per heavy atom. The summed E-state index contributed by atoms with van der Waals surface area (Å²) >= 11 is 0. The Balaban J connectivity index is 1.21. The maximum atomic E-state index is 13.1. The molecular formula is C40H29NO. The number of carbonyl (C=O) groups excluding carboxylic acids is 1. The first kappa shape index (κ1) is 24.6. The molecule has 0 spiro atoms. The Kier molecular flexibility index (Phi) is 5.36. The lowest BCUT2D eigenvalue weighted by Crippen LogP contribution is -2.31. The first-order chi connectivity index (χ1) is 20.5. The quantitative estimate of drug-likeness (QED) is 0.210. The van der Waals surface area contributed by atoms with E-state index in [2.05, 4.69) is 110 Å². The number of hydrogen-bond acceptors (Lipinski definition) is 1. The van der Waals surface area contributed by atoms with Crippen LogP contribution in [0.3, 0.4) is 0 Å². The monoisotopic (exact) mass is 539 g/mol. The number of ketones is 1. The fourth-order valence-electron chi connectivity index (χ4n) is 7.00. The molecule has 0 fully saturated rings. The van der Waals surface area contributed by atoms with E-state index in [-0.39, 0.29) is 11.2 Å². The fraction of sp³-hybridized carbons (Fsp3) is 0.0750. The SMILES string of the molecule is CC1(C)C2=c3ccccc3=CC2=Cc2cc3ccn(-c4cccc(-c5cccc(C(=O)c6ccccc6)c5)c4)cc-3c21. The number of pyridine rings is 1. The molecule has 1 aliphatic heterocycles. The Hall–Kier alpha value is -5.21. The second-order valence-corrected chi connectivity index (χ2v) is 11.9. The average molecular weight is 540 g/mol. The summed E-state index contributed by atoms with van der Waals surface area (Å²) in [6.07, 6.45) is 9.14. The average Bonchev–Trinajstić information content (AvgIpc) is 3.60. The van der Waals surface area contributed by atoms with Crippen molar-refractivity contribution in [3.63, 3.8) is 0 Å². The van der Waals surface area contributed by atoms with Crippen molar-refractivity contribution in [3.05, 3.63) is 166 Å². The minimum absolute atomic E-state index is 0.0367. The molecule has 0 aromatic heterocycles. The molecule has 1 heterocycles. The number of carbonyl (C=O) groups is 1. The maximum Gasteiger partial charge on any atom is 0.193 e. The van der Waals surface area contributed by atoms with Gasteiger partial charge in [-0.05, 0) is 91.9 Å². The van der Waals surface area contributed by atoms with Crippen molar-refractivity contribution in [1.29, 1.82) is 0 Å². The van der Waals surface area contributed by atoms with Gasteiger partial charge in [0, 0.05) is 40.2 Å². The fourth-order valence-corrected chi connectivity index (χ4v) is 7.00. The first-order valence-corrected chi connectivity index (χ1v) is 14.5. The lowest BCUT2D eigenvalue weighted by Gasteiger charge is -2.33. The first-order valence-electron chi connectivity index (χ1n) is 14.5. The molecule has 0 radical (unpaired) electrons. The molecule has 3 aliphatic carbocycles. The molecule has 200 valence electrons. The molecule has 0 N–H and O–H groups in total. The van der Waals surface area contributed by atoms with E-state index in [9.17, 15) is 4.79 Å².